The highest BCUT2D eigenvalue weighted by molar-refractivity contribution is 6.17. The lowest BCUT2D eigenvalue weighted by Crippen LogP contribution is -1.90. The molecule has 0 amide bonds. The van der Waals surface area contributed by atoms with Gasteiger partial charge < -0.3 is 9.73 Å². The van der Waals surface area contributed by atoms with Crippen LogP contribution in [0.3, 0.4) is 0 Å². The summed E-state index contributed by atoms with van der Waals surface area (Å²) in [6, 6.07) is 14.6. The zero-order chi connectivity index (χ0) is 13.1. The number of nitrogens with zero attached hydrogens (tertiary/aromatic N) is 2. The summed E-state index contributed by atoms with van der Waals surface area (Å²) in [5, 5.41) is 13.3. The number of halogens is 1. The first-order valence-electron chi connectivity index (χ1n) is 5.99. The van der Waals surface area contributed by atoms with Crippen molar-refractivity contribution in [3.8, 4) is 0 Å². The van der Waals surface area contributed by atoms with Crippen LogP contribution in [0.25, 0.3) is 10.8 Å². The molecule has 0 fully saturated rings. The summed E-state index contributed by atoms with van der Waals surface area (Å²) in [4.78, 5) is 0. The van der Waals surface area contributed by atoms with Crippen molar-refractivity contribution in [2.45, 2.75) is 6.42 Å². The van der Waals surface area contributed by atoms with Crippen molar-refractivity contribution in [1.29, 1.82) is 0 Å². The second-order valence-electron chi connectivity index (χ2n) is 4.13. The Morgan fingerprint density at radius 3 is 2.74 bits per heavy atom. The molecule has 2 aromatic carbocycles. The molecule has 0 radical (unpaired) electrons. The number of alkyl halides is 1. The summed E-state index contributed by atoms with van der Waals surface area (Å²) < 4.78 is 5.42. The average molecular weight is 274 g/mol. The van der Waals surface area contributed by atoms with Crippen LogP contribution in [0.2, 0.25) is 0 Å². The summed E-state index contributed by atoms with van der Waals surface area (Å²) in [7, 11) is 0. The third kappa shape index (κ3) is 2.69. The van der Waals surface area contributed by atoms with E-state index in [2.05, 4.69) is 27.6 Å². The zero-order valence-electron chi connectivity index (χ0n) is 10.1. The number of fused-ring (bicyclic) bond motifs is 1. The minimum atomic E-state index is 0.385. The number of anilines is 2. The predicted octanol–water partition coefficient (Wildman–Crippen LogP) is 3.75. The van der Waals surface area contributed by atoms with Crippen LogP contribution in [0.4, 0.5) is 11.7 Å². The van der Waals surface area contributed by atoms with Crippen LogP contribution in [0.1, 0.15) is 5.89 Å². The summed E-state index contributed by atoms with van der Waals surface area (Å²) in [5.41, 5.74) is 0.916. The maximum Gasteiger partial charge on any atom is 0.320 e. The molecule has 0 saturated heterocycles. The van der Waals surface area contributed by atoms with Gasteiger partial charge in [0, 0.05) is 18.0 Å². The third-order valence-electron chi connectivity index (χ3n) is 2.78. The molecule has 0 spiro atoms. The number of benzene rings is 2. The second-order valence-corrected chi connectivity index (χ2v) is 4.50. The minimum Gasteiger partial charge on any atom is -0.408 e. The SMILES string of the molecule is ClCCc1nnc(Nc2ccc3ccccc3c2)o1. The van der Waals surface area contributed by atoms with E-state index in [0.29, 0.717) is 24.2 Å². The van der Waals surface area contributed by atoms with Crippen molar-refractivity contribution in [1.82, 2.24) is 10.2 Å². The van der Waals surface area contributed by atoms with Gasteiger partial charge in [0.25, 0.3) is 0 Å². The van der Waals surface area contributed by atoms with E-state index >= 15 is 0 Å². The van der Waals surface area contributed by atoms with Gasteiger partial charge in [0.05, 0.1) is 0 Å². The zero-order valence-corrected chi connectivity index (χ0v) is 10.9. The third-order valence-corrected chi connectivity index (χ3v) is 2.96. The van der Waals surface area contributed by atoms with E-state index in [0.717, 1.165) is 11.1 Å². The fraction of sp³-hybridized carbons (Fsp3) is 0.143. The number of hydrogen-bond acceptors (Lipinski definition) is 4. The minimum absolute atomic E-state index is 0.385. The van der Waals surface area contributed by atoms with Crippen LogP contribution in [0.15, 0.2) is 46.9 Å². The molecule has 3 aromatic rings. The number of aromatic nitrogens is 2. The maximum atomic E-state index is 5.62. The van der Waals surface area contributed by atoms with Crippen LogP contribution >= 0.6 is 11.6 Å². The quantitative estimate of drug-likeness (QED) is 0.736. The molecule has 1 heterocycles. The largest absolute Gasteiger partial charge is 0.408 e. The van der Waals surface area contributed by atoms with Crippen molar-refractivity contribution in [2.24, 2.45) is 0 Å². The molecule has 0 bridgehead atoms. The molecule has 0 aliphatic heterocycles. The number of rotatable bonds is 4. The lowest BCUT2D eigenvalue weighted by atomic mass is 10.1. The highest BCUT2D eigenvalue weighted by atomic mass is 35.5. The van der Waals surface area contributed by atoms with Crippen molar-refractivity contribution >= 4 is 34.1 Å². The molecular formula is C14H12ClN3O. The van der Waals surface area contributed by atoms with Crippen LogP contribution in [0.5, 0.6) is 0 Å². The molecule has 0 aliphatic rings. The van der Waals surface area contributed by atoms with Crippen molar-refractivity contribution in [2.75, 3.05) is 11.2 Å². The van der Waals surface area contributed by atoms with Crippen molar-refractivity contribution < 1.29 is 4.42 Å². The molecule has 1 N–H and O–H groups in total. The van der Waals surface area contributed by atoms with Gasteiger partial charge in [-0.1, -0.05) is 35.4 Å². The van der Waals surface area contributed by atoms with Gasteiger partial charge in [0.15, 0.2) is 0 Å². The Morgan fingerprint density at radius 1 is 1.05 bits per heavy atom. The fourth-order valence-corrected chi connectivity index (χ4v) is 2.04. The molecule has 0 unspecified atom stereocenters. The Labute approximate surface area is 115 Å². The Hall–Kier alpha value is -2.07. The first kappa shape index (κ1) is 12.0. The van der Waals surface area contributed by atoms with E-state index in [1.807, 2.05) is 30.3 Å². The van der Waals surface area contributed by atoms with Gasteiger partial charge in [-0.05, 0) is 22.9 Å². The molecule has 0 aliphatic carbocycles. The van der Waals surface area contributed by atoms with Gasteiger partial charge in [0.1, 0.15) is 0 Å². The van der Waals surface area contributed by atoms with Crippen molar-refractivity contribution in [3.63, 3.8) is 0 Å². The monoisotopic (exact) mass is 273 g/mol. The summed E-state index contributed by atoms with van der Waals surface area (Å²) in [5.74, 6) is 1.01. The molecule has 0 atom stereocenters. The van der Waals surface area contributed by atoms with Gasteiger partial charge >= 0.3 is 6.01 Å². The maximum absolute atomic E-state index is 5.62. The number of nitrogens with one attached hydrogen (secondary N) is 1. The summed E-state index contributed by atoms with van der Waals surface area (Å²) >= 11 is 5.62. The van der Waals surface area contributed by atoms with E-state index < -0.39 is 0 Å². The van der Waals surface area contributed by atoms with Gasteiger partial charge in [0.2, 0.25) is 5.89 Å². The van der Waals surface area contributed by atoms with Gasteiger partial charge in [-0.25, -0.2) is 0 Å². The lowest BCUT2D eigenvalue weighted by Gasteiger charge is -2.03. The Bertz CT molecular complexity index is 696. The Balaban J connectivity index is 1.83. The number of hydrogen-bond donors (Lipinski definition) is 1. The summed E-state index contributed by atoms with van der Waals surface area (Å²) in [6.45, 7) is 0. The highest BCUT2D eigenvalue weighted by Gasteiger charge is 2.05. The van der Waals surface area contributed by atoms with Gasteiger partial charge in [-0.2, -0.15) is 0 Å². The number of aryl methyl sites for hydroxylation is 1. The van der Waals surface area contributed by atoms with Crippen LogP contribution in [0, 0.1) is 0 Å². The molecule has 1 aromatic heterocycles. The lowest BCUT2D eigenvalue weighted by molar-refractivity contribution is 0.516. The molecule has 96 valence electrons. The van der Waals surface area contributed by atoms with E-state index in [1.54, 1.807) is 0 Å². The normalized spacial score (nSPS) is 10.8. The first-order chi connectivity index (χ1) is 9.35. The molecule has 5 heteroatoms. The van der Waals surface area contributed by atoms with E-state index in [1.165, 1.54) is 5.39 Å². The molecule has 19 heavy (non-hydrogen) atoms. The topological polar surface area (TPSA) is 51.0 Å². The van der Waals surface area contributed by atoms with Crippen molar-refractivity contribution in [3.05, 3.63) is 48.4 Å². The second kappa shape index (κ2) is 5.28. The van der Waals surface area contributed by atoms with Gasteiger partial charge in [-0.3, -0.25) is 0 Å². The Kier molecular flexibility index (Phi) is 3.33. The van der Waals surface area contributed by atoms with Gasteiger partial charge in [-0.15, -0.1) is 16.7 Å². The summed E-state index contributed by atoms with van der Waals surface area (Å²) in [6.07, 6.45) is 0.577. The average Bonchev–Trinajstić information content (AvgIpc) is 2.86. The van der Waals surface area contributed by atoms with E-state index in [9.17, 15) is 0 Å². The molecule has 3 rings (SSSR count). The van der Waals surface area contributed by atoms with E-state index in [-0.39, 0.29) is 0 Å². The van der Waals surface area contributed by atoms with Crippen LogP contribution in [-0.2, 0) is 6.42 Å². The predicted molar refractivity (Wildman–Crippen MR) is 76.0 cm³/mol. The Morgan fingerprint density at radius 2 is 1.89 bits per heavy atom. The van der Waals surface area contributed by atoms with Crippen LogP contribution in [-0.4, -0.2) is 16.1 Å². The highest BCUT2D eigenvalue weighted by Crippen LogP contribution is 2.21. The molecule has 0 saturated carbocycles. The molecular weight excluding hydrogens is 262 g/mol. The van der Waals surface area contributed by atoms with Crippen LogP contribution < -0.4 is 5.32 Å². The fourth-order valence-electron chi connectivity index (χ4n) is 1.88. The first-order valence-corrected chi connectivity index (χ1v) is 6.53. The standard InChI is InChI=1S/C14H12ClN3O/c15-8-7-13-17-18-14(19-13)16-12-6-5-10-3-1-2-4-11(10)9-12/h1-6,9H,7-8H2,(H,16,18). The smallest absolute Gasteiger partial charge is 0.320 e. The molecule has 4 nitrogen and oxygen atoms in total. The van der Waals surface area contributed by atoms with E-state index in [4.69, 9.17) is 16.0 Å².